The minimum Gasteiger partial charge on any atom is -0.511 e. The number of carbonyl (C=O) groups excluding carboxylic acids is 1. The molecular formula is C18H21NO3S. The lowest BCUT2D eigenvalue weighted by Crippen LogP contribution is -2.32. The SMILES string of the molecule is CCOC(=O)C1=C(O)CC2(CCCC2)SC1=Nc1ccccc1. The van der Waals surface area contributed by atoms with Gasteiger partial charge in [-0.2, -0.15) is 0 Å². The van der Waals surface area contributed by atoms with Gasteiger partial charge in [0.05, 0.1) is 12.3 Å². The number of aliphatic imine (C=N–C) groups is 1. The fraction of sp³-hybridized carbons (Fsp3) is 0.444. The average Bonchev–Trinajstić information content (AvgIpc) is 2.95. The molecule has 0 bridgehead atoms. The van der Waals surface area contributed by atoms with Gasteiger partial charge in [0.15, 0.2) is 0 Å². The van der Waals surface area contributed by atoms with Gasteiger partial charge in [0.25, 0.3) is 0 Å². The number of thioether (sulfide) groups is 1. The molecule has 1 aromatic rings. The van der Waals surface area contributed by atoms with Gasteiger partial charge in [-0.05, 0) is 31.9 Å². The highest BCUT2D eigenvalue weighted by molar-refractivity contribution is 8.15. The molecule has 0 atom stereocenters. The topological polar surface area (TPSA) is 58.9 Å². The summed E-state index contributed by atoms with van der Waals surface area (Å²) >= 11 is 1.63. The van der Waals surface area contributed by atoms with Gasteiger partial charge in [0.1, 0.15) is 16.4 Å². The summed E-state index contributed by atoms with van der Waals surface area (Å²) in [6.07, 6.45) is 4.94. The van der Waals surface area contributed by atoms with Crippen molar-refractivity contribution in [3.05, 3.63) is 41.7 Å². The van der Waals surface area contributed by atoms with Crippen LogP contribution < -0.4 is 0 Å². The van der Waals surface area contributed by atoms with E-state index in [-0.39, 0.29) is 22.7 Å². The molecule has 1 heterocycles. The van der Waals surface area contributed by atoms with Gasteiger partial charge in [-0.1, -0.05) is 42.8 Å². The van der Waals surface area contributed by atoms with Crippen molar-refractivity contribution < 1.29 is 14.6 Å². The fourth-order valence-electron chi connectivity index (χ4n) is 3.21. The molecule has 0 aromatic heterocycles. The number of nitrogens with zero attached hydrogens (tertiary/aromatic N) is 1. The van der Waals surface area contributed by atoms with Crippen LogP contribution in [-0.2, 0) is 9.53 Å². The van der Waals surface area contributed by atoms with Crippen molar-refractivity contribution in [1.29, 1.82) is 0 Å². The van der Waals surface area contributed by atoms with E-state index in [2.05, 4.69) is 4.99 Å². The molecule has 1 aliphatic carbocycles. The summed E-state index contributed by atoms with van der Waals surface area (Å²) in [6, 6.07) is 9.53. The van der Waals surface area contributed by atoms with Gasteiger partial charge in [-0.15, -0.1) is 0 Å². The third-order valence-corrected chi connectivity index (χ3v) is 5.76. The minimum atomic E-state index is -0.486. The first-order valence-corrected chi connectivity index (χ1v) is 8.87. The molecule has 1 spiro atoms. The number of allylic oxidation sites excluding steroid dienone is 1. The highest BCUT2D eigenvalue weighted by Gasteiger charge is 2.44. The summed E-state index contributed by atoms with van der Waals surface area (Å²) in [5, 5.41) is 11.1. The maximum absolute atomic E-state index is 12.3. The third kappa shape index (κ3) is 3.44. The maximum Gasteiger partial charge on any atom is 0.344 e. The van der Waals surface area contributed by atoms with Crippen molar-refractivity contribution >= 4 is 28.5 Å². The van der Waals surface area contributed by atoms with Gasteiger partial charge in [-0.25, -0.2) is 9.79 Å². The zero-order chi connectivity index (χ0) is 16.3. The summed E-state index contributed by atoms with van der Waals surface area (Å²) in [6.45, 7) is 2.04. The number of aliphatic hydroxyl groups excluding tert-OH is 1. The van der Waals surface area contributed by atoms with Crippen LogP contribution in [0.15, 0.2) is 46.7 Å². The largest absolute Gasteiger partial charge is 0.511 e. The third-order valence-electron chi connectivity index (χ3n) is 4.29. The van der Waals surface area contributed by atoms with Gasteiger partial charge in [0.2, 0.25) is 0 Å². The second-order valence-electron chi connectivity index (χ2n) is 5.96. The Kier molecular flexibility index (Phi) is 4.76. The van der Waals surface area contributed by atoms with Gasteiger partial charge < -0.3 is 9.84 Å². The van der Waals surface area contributed by atoms with E-state index >= 15 is 0 Å². The quantitative estimate of drug-likeness (QED) is 0.826. The molecule has 4 nitrogen and oxygen atoms in total. The predicted molar refractivity (Wildman–Crippen MR) is 93.2 cm³/mol. The Hall–Kier alpha value is -1.75. The summed E-state index contributed by atoms with van der Waals surface area (Å²) in [5.41, 5.74) is 1.01. The number of aliphatic hydroxyl groups is 1. The lowest BCUT2D eigenvalue weighted by Gasteiger charge is -2.33. The smallest absolute Gasteiger partial charge is 0.344 e. The molecule has 0 saturated heterocycles. The van der Waals surface area contributed by atoms with E-state index in [0.717, 1.165) is 31.4 Å². The van der Waals surface area contributed by atoms with Crippen molar-refractivity contribution in [2.45, 2.75) is 43.8 Å². The Morgan fingerprint density at radius 2 is 2.00 bits per heavy atom. The standard InChI is InChI=1S/C18H21NO3S/c1-2-22-17(21)15-14(20)12-18(10-6-7-11-18)23-16(15)19-13-8-4-3-5-9-13/h3-5,8-9,20H,2,6-7,10-12H2,1H3. The molecule has 1 saturated carbocycles. The molecule has 1 fully saturated rings. The van der Waals surface area contributed by atoms with Gasteiger partial charge >= 0.3 is 5.97 Å². The summed E-state index contributed by atoms with van der Waals surface area (Å²) in [4.78, 5) is 16.9. The molecule has 1 N–H and O–H groups in total. The van der Waals surface area contributed by atoms with Crippen molar-refractivity contribution in [3.63, 3.8) is 0 Å². The molecule has 2 aliphatic rings. The lowest BCUT2D eigenvalue weighted by molar-refractivity contribution is -0.138. The van der Waals surface area contributed by atoms with Gasteiger partial charge in [0, 0.05) is 11.2 Å². The zero-order valence-corrected chi connectivity index (χ0v) is 14.1. The monoisotopic (exact) mass is 331 g/mol. The minimum absolute atomic E-state index is 0.0201. The van der Waals surface area contributed by atoms with Crippen molar-refractivity contribution in [2.75, 3.05) is 6.61 Å². The lowest BCUT2D eigenvalue weighted by atomic mass is 9.98. The summed E-state index contributed by atoms with van der Waals surface area (Å²) in [5.74, 6) is -0.362. The highest BCUT2D eigenvalue weighted by Crippen LogP contribution is 2.50. The van der Waals surface area contributed by atoms with Crippen LogP contribution in [0, 0.1) is 0 Å². The molecular weight excluding hydrogens is 310 g/mol. The summed E-state index contributed by atoms with van der Waals surface area (Å²) < 4.78 is 5.10. The number of rotatable bonds is 3. The van der Waals surface area contributed by atoms with E-state index in [0.29, 0.717) is 11.5 Å². The Bertz CT molecular complexity index is 645. The molecule has 1 aliphatic heterocycles. The van der Waals surface area contributed by atoms with E-state index in [1.165, 1.54) is 0 Å². The van der Waals surface area contributed by atoms with Crippen LogP contribution in [0.1, 0.15) is 39.0 Å². The molecule has 5 heteroatoms. The number of ether oxygens (including phenoxy) is 1. The van der Waals surface area contributed by atoms with Crippen LogP contribution in [0.2, 0.25) is 0 Å². The van der Waals surface area contributed by atoms with E-state index in [1.807, 2.05) is 30.3 Å². The number of hydrogen-bond donors (Lipinski definition) is 1. The molecule has 1 aromatic carbocycles. The van der Waals surface area contributed by atoms with Crippen LogP contribution in [0.3, 0.4) is 0 Å². The Labute approximate surface area is 140 Å². The first kappa shape index (κ1) is 16.1. The van der Waals surface area contributed by atoms with Crippen LogP contribution in [0.4, 0.5) is 5.69 Å². The molecule has 23 heavy (non-hydrogen) atoms. The van der Waals surface area contributed by atoms with Crippen LogP contribution in [0.25, 0.3) is 0 Å². The first-order chi connectivity index (χ1) is 11.1. The molecule has 0 unspecified atom stereocenters. The normalized spacial score (nSPS) is 21.9. The Balaban J connectivity index is 2.02. The molecule has 122 valence electrons. The number of para-hydroxylation sites is 1. The van der Waals surface area contributed by atoms with Crippen molar-refractivity contribution in [2.24, 2.45) is 4.99 Å². The molecule has 0 radical (unpaired) electrons. The van der Waals surface area contributed by atoms with E-state index < -0.39 is 5.97 Å². The molecule has 3 rings (SSSR count). The van der Waals surface area contributed by atoms with E-state index in [9.17, 15) is 9.90 Å². The number of esters is 1. The van der Waals surface area contributed by atoms with Crippen molar-refractivity contribution in [1.82, 2.24) is 0 Å². The average molecular weight is 331 g/mol. The van der Waals surface area contributed by atoms with Crippen molar-refractivity contribution in [3.8, 4) is 0 Å². The summed E-state index contributed by atoms with van der Waals surface area (Å²) in [7, 11) is 0. The number of carbonyl (C=O) groups is 1. The van der Waals surface area contributed by atoms with Crippen LogP contribution in [-0.4, -0.2) is 27.5 Å². The highest BCUT2D eigenvalue weighted by atomic mass is 32.2. The zero-order valence-electron chi connectivity index (χ0n) is 13.2. The van der Waals surface area contributed by atoms with E-state index in [1.54, 1.807) is 18.7 Å². The van der Waals surface area contributed by atoms with Crippen LogP contribution >= 0.6 is 11.8 Å². The maximum atomic E-state index is 12.3. The predicted octanol–water partition coefficient (Wildman–Crippen LogP) is 4.54. The Morgan fingerprint density at radius 1 is 1.30 bits per heavy atom. The number of benzene rings is 1. The van der Waals surface area contributed by atoms with Gasteiger partial charge in [-0.3, -0.25) is 0 Å². The van der Waals surface area contributed by atoms with Crippen LogP contribution in [0.5, 0.6) is 0 Å². The fourth-order valence-corrected chi connectivity index (χ4v) is 4.78. The second kappa shape index (κ2) is 6.79. The van der Waals surface area contributed by atoms with E-state index in [4.69, 9.17) is 4.74 Å². The molecule has 0 amide bonds. The Morgan fingerprint density at radius 3 is 2.65 bits per heavy atom. The number of hydrogen-bond acceptors (Lipinski definition) is 5. The second-order valence-corrected chi connectivity index (χ2v) is 7.42. The first-order valence-electron chi connectivity index (χ1n) is 8.06.